The molecular formula is C19H14N2S. The molecule has 2 nitrogen and oxygen atoms in total. The number of aromatic nitrogens is 1. The van der Waals surface area contributed by atoms with Crippen LogP contribution in [0.1, 0.15) is 5.56 Å². The van der Waals surface area contributed by atoms with Crippen LogP contribution in [-0.2, 0) is 0 Å². The van der Waals surface area contributed by atoms with Crippen molar-refractivity contribution in [2.45, 2.75) is 6.92 Å². The summed E-state index contributed by atoms with van der Waals surface area (Å²) >= 11 is 1.76. The maximum absolute atomic E-state index is 4.71. The average Bonchev–Trinajstić information content (AvgIpc) is 2.55. The summed E-state index contributed by atoms with van der Waals surface area (Å²) in [7, 11) is 0. The Balaban J connectivity index is 1.88. The van der Waals surface area contributed by atoms with Crippen molar-refractivity contribution in [1.82, 2.24) is 4.98 Å². The van der Waals surface area contributed by atoms with Gasteiger partial charge in [0.05, 0.1) is 31.8 Å². The molecule has 0 aromatic heterocycles. The van der Waals surface area contributed by atoms with Gasteiger partial charge in [0.1, 0.15) is 0 Å². The van der Waals surface area contributed by atoms with Gasteiger partial charge in [-0.1, -0.05) is 29.8 Å². The quantitative estimate of drug-likeness (QED) is 0.457. The molecule has 0 atom stereocenters. The summed E-state index contributed by atoms with van der Waals surface area (Å²) < 4.78 is 1.20. The third-order valence-corrected chi connectivity index (χ3v) is 4.67. The molecule has 2 aliphatic rings. The van der Waals surface area contributed by atoms with Gasteiger partial charge in [0.2, 0.25) is 0 Å². The largest absolute Gasteiger partial charge is 0.249 e. The zero-order valence-electron chi connectivity index (χ0n) is 12.2. The van der Waals surface area contributed by atoms with Crippen molar-refractivity contribution < 1.29 is 0 Å². The molecule has 0 fully saturated rings. The van der Waals surface area contributed by atoms with Crippen molar-refractivity contribution >= 4 is 27.2 Å². The first kappa shape index (κ1) is 13.2. The fraction of sp³-hybridized carbons (Fsp3) is 0.0526. The molecule has 1 heterocycles. The zero-order chi connectivity index (χ0) is 14.9. The second kappa shape index (κ2) is 5.35. The topological polar surface area (TPSA) is 25.2 Å². The van der Waals surface area contributed by atoms with E-state index in [9.17, 15) is 0 Å². The number of rotatable bonds is 1. The fourth-order valence-corrected chi connectivity index (χ4v) is 3.40. The van der Waals surface area contributed by atoms with Crippen molar-refractivity contribution in [2.75, 3.05) is 0 Å². The first-order valence-electron chi connectivity index (χ1n) is 7.19. The minimum absolute atomic E-state index is 0.963. The summed E-state index contributed by atoms with van der Waals surface area (Å²) in [6, 6.07) is 22.7. The van der Waals surface area contributed by atoms with Crippen LogP contribution in [0.5, 0.6) is 0 Å². The van der Waals surface area contributed by atoms with Gasteiger partial charge in [0, 0.05) is 0 Å². The van der Waals surface area contributed by atoms with Crippen molar-refractivity contribution in [2.24, 2.45) is 4.99 Å². The summed E-state index contributed by atoms with van der Waals surface area (Å²) in [4.78, 5) is 10.6. The highest BCUT2D eigenvalue weighted by atomic mass is 32.1. The van der Waals surface area contributed by atoms with Crippen LogP contribution in [0.25, 0.3) is 20.8 Å². The standard InChI is InChI=1S/C19H14N2S/c1-13-6-8-14(9-7-13)20-15-10-11-17-19(12-15)22-18-5-3-2-4-16(18)21-17/h2-12H,1H3/b20-15+. The molecule has 1 aliphatic carbocycles. The predicted molar refractivity (Wildman–Crippen MR) is 92.6 cm³/mol. The van der Waals surface area contributed by atoms with Crippen molar-refractivity contribution in [1.29, 1.82) is 0 Å². The van der Waals surface area contributed by atoms with Gasteiger partial charge in [-0.25, -0.2) is 9.98 Å². The van der Waals surface area contributed by atoms with Crippen LogP contribution < -0.4 is 5.36 Å². The van der Waals surface area contributed by atoms with Gasteiger partial charge in [-0.15, -0.1) is 11.3 Å². The Kier molecular flexibility index (Phi) is 3.20. The maximum atomic E-state index is 4.71. The third-order valence-electron chi connectivity index (χ3n) is 3.56. The van der Waals surface area contributed by atoms with Gasteiger partial charge in [-0.2, -0.15) is 0 Å². The number of benzene rings is 3. The summed E-state index contributed by atoms with van der Waals surface area (Å²) in [6.45, 7) is 2.08. The van der Waals surface area contributed by atoms with Gasteiger partial charge in [-0.3, -0.25) is 0 Å². The van der Waals surface area contributed by atoms with Crippen LogP contribution in [0.3, 0.4) is 0 Å². The second-order valence-corrected chi connectivity index (χ2v) is 6.36. The molecule has 0 radical (unpaired) electrons. The molecular weight excluding hydrogens is 288 g/mol. The lowest BCUT2D eigenvalue weighted by atomic mass is 10.2. The lowest BCUT2D eigenvalue weighted by molar-refractivity contribution is 1.31. The highest BCUT2D eigenvalue weighted by Crippen LogP contribution is 2.29. The number of hydrogen-bond acceptors (Lipinski definition) is 3. The molecule has 0 unspecified atom stereocenters. The van der Waals surface area contributed by atoms with E-state index in [4.69, 9.17) is 9.98 Å². The van der Waals surface area contributed by atoms with E-state index in [1.807, 2.05) is 36.4 Å². The second-order valence-electron chi connectivity index (χ2n) is 5.28. The van der Waals surface area contributed by atoms with Crippen molar-refractivity contribution in [3.63, 3.8) is 0 Å². The predicted octanol–water partition coefficient (Wildman–Crippen LogP) is 4.94. The molecule has 0 bridgehead atoms. The molecule has 0 spiro atoms. The molecule has 22 heavy (non-hydrogen) atoms. The Morgan fingerprint density at radius 3 is 2.59 bits per heavy atom. The number of aryl methyl sites for hydroxylation is 1. The highest BCUT2D eigenvalue weighted by Gasteiger charge is 2.06. The molecule has 2 aromatic rings. The molecule has 0 saturated carbocycles. The Morgan fingerprint density at radius 2 is 1.73 bits per heavy atom. The van der Waals surface area contributed by atoms with Crippen LogP contribution in [-0.4, -0.2) is 4.98 Å². The Labute approximate surface area is 132 Å². The van der Waals surface area contributed by atoms with E-state index in [1.54, 1.807) is 11.3 Å². The van der Waals surface area contributed by atoms with Crippen LogP contribution in [0.4, 0.5) is 5.69 Å². The van der Waals surface area contributed by atoms with E-state index in [0.29, 0.717) is 0 Å². The normalized spacial score (nSPS) is 12.1. The minimum atomic E-state index is 0.963. The molecule has 4 rings (SSSR count). The van der Waals surface area contributed by atoms with Crippen LogP contribution in [0, 0.1) is 6.92 Å². The summed E-state index contributed by atoms with van der Waals surface area (Å²) in [6.07, 6.45) is 0. The van der Waals surface area contributed by atoms with E-state index < -0.39 is 0 Å². The summed E-state index contributed by atoms with van der Waals surface area (Å²) in [5, 5.41) is 0.963. The van der Waals surface area contributed by atoms with Gasteiger partial charge in [0.25, 0.3) is 0 Å². The SMILES string of the molecule is Cc1ccc(/N=c2\ccc3nc4ccccc4sc-3c2)cc1. The zero-order valence-corrected chi connectivity index (χ0v) is 13.0. The summed E-state index contributed by atoms with van der Waals surface area (Å²) in [5.74, 6) is 0. The third kappa shape index (κ3) is 2.51. The van der Waals surface area contributed by atoms with Gasteiger partial charge in [-0.05, 0) is 49.4 Å². The molecule has 0 saturated heterocycles. The van der Waals surface area contributed by atoms with Crippen molar-refractivity contribution in [3.05, 3.63) is 77.7 Å². The highest BCUT2D eigenvalue weighted by molar-refractivity contribution is 7.21. The van der Waals surface area contributed by atoms with E-state index in [1.165, 1.54) is 10.3 Å². The van der Waals surface area contributed by atoms with Gasteiger partial charge < -0.3 is 0 Å². The fourth-order valence-electron chi connectivity index (χ4n) is 2.40. The first-order chi connectivity index (χ1) is 10.8. The monoisotopic (exact) mass is 302 g/mol. The maximum Gasteiger partial charge on any atom is 0.0811 e. The van der Waals surface area contributed by atoms with Crippen LogP contribution in [0.2, 0.25) is 0 Å². The lowest BCUT2D eigenvalue weighted by Crippen LogP contribution is -2.01. The van der Waals surface area contributed by atoms with E-state index >= 15 is 0 Å². The Bertz CT molecular complexity index is 984. The number of para-hydroxylation sites is 1. The van der Waals surface area contributed by atoms with E-state index in [0.717, 1.165) is 27.1 Å². The smallest absolute Gasteiger partial charge is 0.0811 e. The molecule has 0 N–H and O–H groups in total. The van der Waals surface area contributed by atoms with Crippen molar-refractivity contribution in [3.8, 4) is 10.6 Å². The van der Waals surface area contributed by atoms with Gasteiger partial charge in [0.15, 0.2) is 0 Å². The lowest BCUT2D eigenvalue weighted by Gasteiger charge is -2.05. The van der Waals surface area contributed by atoms with Gasteiger partial charge >= 0.3 is 0 Å². The number of nitrogens with zero attached hydrogens (tertiary/aromatic N) is 2. The van der Waals surface area contributed by atoms with Crippen LogP contribution >= 0.6 is 11.3 Å². The first-order valence-corrected chi connectivity index (χ1v) is 8.01. The van der Waals surface area contributed by atoms with E-state index in [-0.39, 0.29) is 0 Å². The molecule has 106 valence electrons. The molecule has 3 heteroatoms. The number of hydrogen-bond donors (Lipinski definition) is 0. The average molecular weight is 302 g/mol. The Hall–Kier alpha value is -2.52. The van der Waals surface area contributed by atoms with Crippen LogP contribution in [0.15, 0.2) is 71.7 Å². The minimum Gasteiger partial charge on any atom is -0.249 e. The van der Waals surface area contributed by atoms with E-state index in [2.05, 4.69) is 37.3 Å². The molecule has 0 amide bonds. The Morgan fingerprint density at radius 1 is 0.909 bits per heavy atom. The molecule has 1 aliphatic heterocycles. The summed E-state index contributed by atoms with van der Waals surface area (Å²) in [5.41, 5.74) is 4.29. The molecule has 2 aromatic carbocycles. The number of fused-ring (bicyclic) bond motifs is 2.